The number of para-hydroxylation sites is 2. The summed E-state index contributed by atoms with van der Waals surface area (Å²) in [6.07, 6.45) is 4.41. The van der Waals surface area contributed by atoms with E-state index in [9.17, 15) is 9.59 Å². The van der Waals surface area contributed by atoms with E-state index in [0.717, 1.165) is 16.7 Å². The Balaban J connectivity index is 0.00000210. The third kappa shape index (κ3) is 3.00. The summed E-state index contributed by atoms with van der Waals surface area (Å²) in [6, 6.07) is 8.40. The largest absolute Gasteiger partial charge is 1.00 e. The van der Waals surface area contributed by atoms with Gasteiger partial charge in [0.05, 0.1) is 12.4 Å². The molecule has 4 rings (SSSR count). The Hall–Kier alpha value is -2.71. The van der Waals surface area contributed by atoms with Crippen molar-refractivity contribution in [1.29, 1.82) is 0 Å². The van der Waals surface area contributed by atoms with Crippen molar-refractivity contribution in [3.8, 4) is 0 Å². The Bertz CT molecular complexity index is 1140. The second-order valence-corrected chi connectivity index (χ2v) is 6.74. The SMILES string of the molecule is CC(CCn1cnc2c1c(=O)n(C)c(=O)n2C)[NH+]1C=Nc2ccccc21.[Cl-]. The molecular formula is C18H21ClN6O2. The number of hydrogen-bond donors (Lipinski definition) is 1. The summed E-state index contributed by atoms with van der Waals surface area (Å²) >= 11 is 0. The molecule has 0 fully saturated rings. The van der Waals surface area contributed by atoms with Gasteiger partial charge in [0, 0.05) is 33.1 Å². The number of quaternary nitrogens is 1. The smallest absolute Gasteiger partial charge is 0.332 e. The molecule has 1 aliphatic heterocycles. The molecule has 0 saturated heterocycles. The van der Waals surface area contributed by atoms with Crippen LogP contribution in [0.4, 0.5) is 11.4 Å². The summed E-state index contributed by atoms with van der Waals surface area (Å²) in [5.41, 5.74) is 2.39. The van der Waals surface area contributed by atoms with E-state index in [2.05, 4.69) is 23.0 Å². The average molecular weight is 389 g/mol. The van der Waals surface area contributed by atoms with Gasteiger partial charge in [-0.25, -0.2) is 9.78 Å². The molecule has 3 heterocycles. The van der Waals surface area contributed by atoms with Crippen molar-refractivity contribution >= 4 is 28.9 Å². The molecule has 2 atom stereocenters. The highest BCUT2D eigenvalue weighted by Gasteiger charge is 2.26. The number of aromatic nitrogens is 4. The van der Waals surface area contributed by atoms with Gasteiger partial charge in [0.2, 0.25) is 0 Å². The quantitative estimate of drug-likeness (QED) is 0.521. The van der Waals surface area contributed by atoms with Gasteiger partial charge in [-0.15, -0.1) is 0 Å². The van der Waals surface area contributed by atoms with Crippen LogP contribution < -0.4 is 28.6 Å². The molecule has 9 heteroatoms. The number of rotatable bonds is 4. The van der Waals surface area contributed by atoms with E-state index in [1.807, 2.05) is 29.1 Å². The molecule has 1 aliphatic rings. The fourth-order valence-electron chi connectivity index (χ4n) is 3.49. The topological polar surface area (TPSA) is 78.6 Å². The van der Waals surface area contributed by atoms with Crippen LogP contribution in [0.1, 0.15) is 13.3 Å². The van der Waals surface area contributed by atoms with E-state index in [-0.39, 0.29) is 29.7 Å². The van der Waals surface area contributed by atoms with Crippen molar-refractivity contribution in [1.82, 2.24) is 18.7 Å². The van der Waals surface area contributed by atoms with Gasteiger partial charge >= 0.3 is 5.69 Å². The highest BCUT2D eigenvalue weighted by Crippen LogP contribution is 2.23. The van der Waals surface area contributed by atoms with Crippen molar-refractivity contribution in [3.05, 3.63) is 51.4 Å². The van der Waals surface area contributed by atoms with Crippen LogP contribution in [0.3, 0.4) is 0 Å². The molecule has 0 radical (unpaired) electrons. The van der Waals surface area contributed by atoms with Crippen LogP contribution in [0, 0.1) is 0 Å². The lowest BCUT2D eigenvalue weighted by atomic mass is 10.2. The van der Waals surface area contributed by atoms with Crippen LogP contribution in [0.25, 0.3) is 11.2 Å². The van der Waals surface area contributed by atoms with E-state index < -0.39 is 0 Å². The van der Waals surface area contributed by atoms with E-state index >= 15 is 0 Å². The Morgan fingerprint density at radius 2 is 1.89 bits per heavy atom. The first-order valence-electron chi connectivity index (χ1n) is 8.60. The van der Waals surface area contributed by atoms with E-state index in [1.54, 1.807) is 13.4 Å². The maximum absolute atomic E-state index is 12.5. The molecule has 0 aliphatic carbocycles. The monoisotopic (exact) mass is 388 g/mol. The molecular weight excluding hydrogens is 368 g/mol. The number of aliphatic imine (C=N–C) groups is 1. The maximum Gasteiger partial charge on any atom is 0.332 e. The molecule has 3 aromatic rings. The zero-order chi connectivity index (χ0) is 18.4. The number of nitrogens with one attached hydrogen (secondary N) is 1. The van der Waals surface area contributed by atoms with E-state index in [1.165, 1.54) is 22.2 Å². The predicted octanol–water partition coefficient (Wildman–Crippen LogP) is -2.89. The second kappa shape index (κ2) is 7.13. The molecule has 142 valence electrons. The minimum Gasteiger partial charge on any atom is -1.00 e. The molecule has 8 nitrogen and oxygen atoms in total. The molecule has 0 spiro atoms. The zero-order valence-electron chi connectivity index (χ0n) is 15.4. The van der Waals surface area contributed by atoms with Gasteiger partial charge in [0.25, 0.3) is 5.56 Å². The lowest BCUT2D eigenvalue weighted by Crippen LogP contribution is -3.09. The summed E-state index contributed by atoms with van der Waals surface area (Å²) in [6.45, 7) is 2.81. The summed E-state index contributed by atoms with van der Waals surface area (Å²) in [5.74, 6) is 0. The van der Waals surface area contributed by atoms with Gasteiger partial charge < -0.3 is 17.0 Å². The number of nitrogens with zero attached hydrogens (tertiary/aromatic N) is 5. The zero-order valence-corrected chi connectivity index (χ0v) is 16.1. The second-order valence-electron chi connectivity index (χ2n) is 6.74. The molecule has 0 saturated carbocycles. The van der Waals surface area contributed by atoms with Crippen LogP contribution in [-0.2, 0) is 20.6 Å². The number of benzene rings is 1. The molecule has 27 heavy (non-hydrogen) atoms. The fourth-order valence-corrected chi connectivity index (χ4v) is 3.49. The van der Waals surface area contributed by atoms with Gasteiger partial charge in [0.15, 0.2) is 23.2 Å². The summed E-state index contributed by atoms with van der Waals surface area (Å²) in [5, 5.41) is 0. The van der Waals surface area contributed by atoms with Gasteiger partial charge in [0.1, 0.15) is 5.69 Å². The van der Waals surface area contributed by atoms with Crippen molar-refractivity contribution in [2.75, 3.05) is 0 Å². The minimum absolute atomic E-state index is 0. The van der Waals surface area contributed by atoms with E-state index in [0.29, 0.717) is 17.7 Å². The van der Waals surface area contributed by atoms with Crippen LogP contribution in [0.2, 0.25) is 0 Å². The van der Waals surface area contributed by atoms with Gasteiger partial charge in [-0.2, -0.15) is 4.99 Å². The molecule has 1 aromatic carbocycles. The molecule has 2 unspecified atom stereocenters. The number of halogens is 1. The van der Waals surface area contributed by atoms with Crippen molar-refractivity contribution < 1.29 is 17.3 Å². The van der Waals surface area contributed by atoms with Gasteiger partial charge in [-0.1, -0.05) is 12.1 Å². The fraction of sp³-hybridized carbons (Fsp3) is 0.333. The lowest BCUT2D eigenvalue weighted by Gasteiger charge is -2.18. The third-order valence-electron chi connectivity index (χ3n) is 5.11. The Labute approximate surface area is 161 Å². The maximum atomic E-state index is 12.5. The van der Waals surface area contributed by atoms with Crippen molar-refractivity contribution in [2.45, 2.75) is 25.9 Å². The highest BCUT2D eigenvalue weighted by molar-refractivity contribution is 5.72. The Morgan fingerprint density at radius 1 is 1.15 bits per heavy atom. The third-order valence-corrected chi connectivity index (χ3v) is 5.11. The normalized spacial score (nSPS) is 16.3. The number of fused-ring (bicyclic) bond motifs is 2. The van der Waals surface area contributed by atoms with Crippen LogP contribution in [0.15, 0.2) is 45.2 Å². The van der Waals surface area contributed by atoms with Crippen molar-refractivity contribution in [3.63, 3.8) is 0 Å². The number of hydrogen-bond acceptors (Lipinski definition) is 4. The summed E-state index contributed by atoms with van der Waals surface area (Å²) in [7, 11) is 3.12. The van der Waals surface area contributed by atoms with Crippen LogP contribution >= 0.6 is 0 Å². The Kier molecular flexibility index (Phi) is 5.03. The number of aryl methyl sites for hydroxylation is 2. The Morgan fingerprint density at radius 3 is 2.67 bits per heavy atom. The van der Waals surface area contributed by atoms with E-state index in [4.69, 9.17) is 0 Å². The predicted molar refractivity (Wildman–Crippen MR) is 99.5 cm³/mol. The first kappa shape index (κ1) is 19.1. The van der Waals surface area contributed by atoms with Crippen LogP contribution in [-0.4, -0.2) is 31.1 Å². The van der Waals surface area contributed by atoms with Gasteiger partial charge in [-0.3, -0.25) is 18.8 Å². The summed E-state index contributed by atoms with van der Waals surface area (Å²) in [4.78, 5) is 34.5. The van der Waals surface area contributed by atoms with Gasteiger partial charge in [-0.05, 0) is 13.0 Å². The summed E-state index contributed by atoms with van der Waals surface area (Å²) < 4.78 is 4.37. The minimum atomic E-state index is -0.365. The molecule has 2 aromatic heterocycles. The first-order chi connectivity index (χ1) is 12.5. The first-order valence-corrected chi connectivity index (χ1v) is 8.60. The standard InChI is InChI=1S/C18H20N6O2.ClH/c1-12(24-11-19-13-6-4-5-7-14(13)24)8-9-23-10-20-16-15(23)17(25)22(3)18(26)21(16)2;/h4-7,10-12H,8-9H2,1-3H3;1H. The van der Waals surface area contributed by atoms with Crippen LogP contribution in [0.5, 0.6) is 0 Å². The molecule has 1 N–H and O–H groups in total. The molecule has 0 bridgehead atoms. The average Bonchev–Trinajstić information content (AvgIpc) is 3.27. The molecule has 0 amide bonds. The number of imidazole rings is 1. The highest BCUT2D eigenvalue weighted by atomic mass is 35.5. The van der Waals surface area contributed by atoms with Crippen molar-refractivity contribution in [2.24, 2.45) is 19.1 Å². The lowest BCUT2D eigenvalue weighted by molar-refractivity contribution is -0.751.